The molecule has 0 aliphatic heterocycles. The van der Waals surface area contributed by atoms with Crippen molar-refractivity contribution in [3.05, 3.63) is 299 Å². The SMILES string of the molecule is CCCCCCC1(CCCCCC)c2cc(N(c3ccc(C)cc3)c3ccc(C)cc3)ccc2-c2ccc(-n3c4cc(C)ccc4c4ccc(-c5ccc6c7ccc(C)cc7n(-c7ccc(-c8ccc(N(c9ccc(C)cc9)c9ccc(C)cc9)cc8)cc7)c6c5)cc43)cc21. The van der Waals surface area contributed by atoms with Crippen molar-refractivity contribution in [2.24, 2.45) is 0 Å². The van der Waals surface area contributed by atoms with Crippen molar-refractivity contribution in [2.45, 2.75) is 125 Å². The minimum atomic E-state index is -0.157. The Labute approximate surface area is 562 Å². The highest BCUT2D eigenvalue weighted by atomic mass is 15.1. The average Bonchev–Trinajstić information content (AvgIpc) is 1.56. The number of unbranched alkanes of at least 4 members (excludes halogenated alkanes) is 6. The van der Waals surface area contributed by atoms with Gasteiger partial charge in [-0.15, -0.1) is 0 Å². The maximum absolute atomic E-state index is 2.64. The fraction of sp³-hybridized carbons (Fsp3) is 0.209. The summed E-state index contributed by atoms with van der Waals surface area (Å²) in [6.07, 6.45) is 12.1. The van der Waals surface area contributed by atoms with Gasteiger partial charge in [0.05, 0.1) is 22.1 Å². The van der Waals surface area contributed by atoms with Gasteiger partial charge in [0.25, 0.3) is 0 Å². The lowest BCUT2D eigenvalue weighted by Gasteiger charge is -2.34. The second kappa shape index (κ2) is 25.6. The van der Waals surface area contributed by atoms with Gasteiger partial charge in [0.1, 0.15) is 0 Å². The van der Waals surface area contributed by atoms with E-state index < -0.39 is 0 Å². The molecule has 0 spiro atoms. The molecule has 0 saturated carbocycles. The van der Waals surface area contributed by atoms with Crippen molar-refractivity contribution in [2.75, 3.05) is 9.80 Å². The molecule has 1 aliphatic rings. The molecule has 0 fully saturated rings. The van der Waals surface area contributed by atoms with E-state index in [4.69, 9.17) is 0 Å². The molecule has 470 valence electrons. The molecule has 0 bridgehead atoms. The van der Waals surface area contributed by atoms with E-state index in [2.05, 4.69) is 329 Å². The van der Waals surface area contributed by atoms with Crippen LogP contribution in [-0.2, 0) is 5.41 Å². The van der Waals surface area contributed by atoms with Crippen LogP contribution in [-0.4, -0.2) is 9.13 Å². The number of nitrogens with zero attached hydrogens (tertiary/aromatic N) is 4. The van der Waals surface area contributed by atoms with Gasteiger partial charge in [-0.2, -0.15) is 0 Å². The van der Waals surface area contributed by atoms with Crippen LogP contribution in [0.1, 0.15) is 123 Å². The van der Waals surface area contributed by atoms with Crippen molar-refractivity contribution in [1.29, 1.82) is 0 Å². The molecule has 95 heavy (non-hydrogen) atoms. The zero-order chi connectivity index (χ0) is 64.9. The number of anilines is 6. The van der Waals surface area contributed by atoms with Gasteiger partial charge in [0.15, 0.2) is 0 Å². The number of hydrogen-bond donors (Lipinski definition) is 0. The average molecular weight is 1240 g/mol. The molecule has 1 aliphatic carbocycles. The van der Waals surface area contributed by atoms with Gasteiger partial charge in [-0.3, -0.25) is 0 Å². The lowest BCUT2D eigenvalue weighted by atomic mass is 9.70. The van der Waals surface area contributed by atoms with E-state index in [0.29, 0.717) is 0 Å². The number of aromatic nitrogens is 2. The van der Waals surface area contributed by atoms with E-state index in [1.54, 1.807) is 0 Å². The van der Waals surface area contributed by atoms with Crippen LogP contribution in [0.2, 0.25) is 0 Å². The first-order chi connectivity index (χ1) is 46.4. The molecule has 0 unspecified atom stereocenters. The van der Waals surface area contributed by atoms with E-state index in [1.165, 1.54) is 196 Å². The first-order valence-corrected chi connectivity index (χ1v) is 34.9. The Morgan fingerprint density at radius 2 is 0.579 bits per heavy atom. The van der Waals surface area contributed by atoms with Crippen LogP contribution in [0.4, 0.5) is 34.1 Å². The summed E-state index contributed by atoms with van der Waals surface area (Å²) in [5.74, 6) is 0. The molecular weight excluding hydrogens is 1150 g/mol. The summed E-state index contributed by atoms with van der Waals surface area (Å²) in [7, 11) is 0. The van der Waals surface area contributed by atoms with Gasteiger partial charge >= 0.3 is 0 Å². The van der Waals surface area contributed by atoms with E-state index in [9.17, 15) is 0 Å². The number of fused-ring (bicyclic) bond motifs is 9. The highest BCUT2D eigenvalue weighted by Crippen LogP contribution is 2.57. The predicted molar refractivity (Wildman–Crippen MR) is 408 cm³/mol. The second-order valence-corrected chi connectivity index (χ2v) is 27.4. The normalized spacial score (nSPS) is 12.5. The molecule has 0 radical (unpaired) electrons. The fourth-order valence-corrected chi connectivity index (χ4v) is 15.6. The Morgan fingerprint density at radius 1 is 0.263 bits per heavy atom. The third-order valence-corrected chi connectivity index (χ3v) is 20.7. The van der Waals surface area contributed by atoms with Crippen LogP contribution in [0.5, 0.6) is 0 Å². The molecule has 0 amide bonds. The Hall–Kier alpha value is -10.2. The lowest BCUT2D eigenvalue weighted by molar-refractivity contribution is 0.401. The maximum atomic E-state index is 2.64. The van der Waals surface area contributed by atoms with Gasteiger partial charge in [0.2, 0.25) is 0 Å². The van der Waals surface area contributed by atoms with E-state index >= 15 is 0 Å². The first-order valence-electron chi connectivity index (χ1n) is 34.9. The van der Waals surface area contributed by atoms with Crippen LogP contribution >= 0.6 is 0 Å². The lowest BCUT2D eigenvalue weighted by Crippen LogP contribution is -2.26. The highest BCUT2D eigenvalue weighted by molar-refractivity contribution is 6.12. The molecule has 2 heterocycles. The zero-order valence-electron chi connectivity index (χ0n) is 56.6. The van der Waals surface area contributed by atoms with Gasteiger partial charge in [0, 0.05) is 72.5 Å². The highest BCUT2D eigenvalue weighted by Gasteiger charge is 2.43. The second-order valence-electron chi connectivity index (χ2n) is 27.4. The molecule has 0 saturated heterocycles. The first kappa shape index (κ1) is 61.0. The van der Waals surface area contributed by atoms with Crippen LogP contribution in [0.3, 0.4) is 0 Å². The summed E-state index contributed by atoms with van der Waals surface area (Å²) in [5, 5.41) is 5.05. The van der Waals surface area contributed by atoms with Gasteiger partial charge in [-0.05, 0) is 231 Å². The summed E-state index contributed by atoms with van der Waals surface area (Å²) in [6.45, 7) is 17.8. The van der Waals surface area contributed by atoms with Gasteiger partial charge in [-0.1, -0.05) is 221 Å². The molecule has 0 atom stereocenters. The van der Waals surface area contributed by atoms with Gasteiger partial charge in [-0.25, -0.2) is 0 Å². The number of benzene rings is 12. The summed E-state index contributed by atoms with van der Waals surface area (Å²) in [5.41, 5.74) is 32.1. The molecule has 2 aromatic heterocycles. The molecule has 14 aromatic rings. The Kier molecular flexibility index (Phi) is 16.5. The standard InChI is InChI=1S/C91H86N4/c1-9-11-13-15-53-91(54-16-14-12-10-2)85-59-77(93(73-37-21-63(5)22-38-73)74-39-23-64(6)24-40-74)45-51-79(85)80-52-46-78(60-86(80)91)95-88-56-66(8)26-48-82(88)84-50-32-70(58-90(84)95)69-31-49-83-81-47-25-65(7)55-87(81)94(89(83)57-69)76-43-29-68(30-44-76)67-27-41-75(42-28-67)92(71-33-17-61(3)18-34-71)72-35-19-62(4)20-36-72/h17-52,55-60H,9-16,53-54H2,1-8H3. The molecule has 12 aromatic carbocycles. The summed E-state index contributed by atoms with van der Waals surface area (Å²) in [4.78, 5) is 4.82. The minimum Gasteiger partial charge on any atom is -0.311 e. The molecule has 15 rings (SSSR count). The Bertz CT molecular complexity index is 5020. The monoisotopic (exact) mass is 1230 g/mol. The third kappa shape index (κ3) is 11.4. The van der Waals surface area contributed by atoms with Crippen LogP contribution < -0.4 is 9.80 Å². The van der Waals surface area contributed by atoms with Crippen molar-refractivity contribution in [1.82, 2.24) is 9.13 Å². The van der Waals surface area contributed by atoms with Crippen molar-refractivity contribution < 1.29 is 0 Å². The molecule has 4 heteroatoms. The largest absolute Gasteiger partial charge is 0.311 e. The Morgan fingerprint density at radius 3 is 1.01 bits per heavy atom. The van der Waals surface area contributed by atoms with Gasteiger partial charge < -0.3 is 18.9 Å². The zero-order valence-corrected chi connectivity index (χ0v) is 56.6. The van der Waals surface area contributed by atoms with Crippen LogP contribution in [0.25, 0.3) is 88.4 Å². The van der Waals surface area contributed by atoms with Crippen LogP contribution in [0, 0.1) is 41.5 Å². The fourth-order valence-electron chi connectivity index (χ4n) is 15.6. The van der Waals surface area contributed by atoms with Crippen molar-refractivity contribution in [3.8, 4) is 44.8 Å². The summed E-state index contributed by atoms with van der Waals surface area (Å²) < 4.78 is 5.08. The number of aryl methyl sites for hydroxylation is 6. The number of hydrogen-bond acceptors (Lipinski definition) is 2. The number of rotatable bonds is 20. The van der Waals surface area contributed by atoms with Crippen LogP contribution in [0.15, 0.2) is 255 Å². The van der Waals surface area contributed by atoms with Crippen molar-refractivity contribution >= 4 is 77.7 Å². The summed E-state index contributed by atoms with van der Waals surface area (Å²) in [6, 6.07) is 97.4. The van der Waals surface area contributed by atoms with E-state index in [0.717, 1.165) is 35.6 Å². The third-order valence-electron chi connectivity index (χ3n) is 20.7. The Balaban J connectivity index is 0.829. The minimum absolute atomic E-state index is 0.157. The van der Waals surface area contributed by atoms with Crippen molar-refractivity contribution in [3.63, 3.8) is 0 Å². The smallest absolute Gasteiger partial charge is 0.0547 e. The molecule has 4 nitrogen and oxygen atoms in total. The maximum Gasteiger partial charge on any atom is 0.0547 e. The predicted octanol–water partition coefficient (Wildman–Crippen LogP) is 26.2. The summed E-state index contributed by atoms with van der Waals surface area (Å²) >= 11 is 0. The van der Waals surface area contributed by atoms with E-state index in [-0.39, 0.29) is 5.41 Å². The quantitative estimate of drug-likeness (QED) is 0.0707. The van der Waals surface area contributed by atoms with E-state index in [1.807, 2.05) is 0 Å². The molecule has 0 N–H and O–H groups in total. The topological polar surface area (TPSA) is 16.3 Å². The molecular formula is C91H86N4.